The predicted octanol–water partition coefficient (Wildman–Crippen LogP) is 19.7. The third-order valence-corrected chi connectivity index (χ3v) is 15.1. The molecule has 1 aliphatic rings. The molecule has 0 bridgehead atoms. The molecule has 1 saturated heterocycles. The number of rotatable bonds is 4. The van der Waals surface area contributed by atoms with Gasteiger partial charge in [0.05, 0.1) is 0 Å². The quantitative estimate of drug-likeness (QED) is 0.0825. The molecule has 0 saturated carbocycles. The van der Waals surface area contributed by atoms with Crippen molar-refractivity contribution in [2.24, 2.45) is 0 Å². The summed E-state index contributed by atoms with van der Waals surface area (Å²) in [6.07, 6.45) is 7.67. The van der Waals surface area contributed by atoms with Crippen LogP contribution in [0.1, 0.15) is 31.4 Å². The molecule has 0 atom stereocenters. The Labute approximate surface area is 466 Å². The van der Waals surface area contributed by atoms with Crippen LogP contribution in [-0.4, -0.2) is 21.3 Å². The van der Waals surface area contributed by atoms with Crippen molar-refractivity contribution in [1.82, 2.24) is 0 Å². The van der Waals surface area contributed by atoms with Crippen molar-refractivity contribution in [2.45, 2.75) is 39.9 Å². The fourth-order valence-corrected chi connectivity index (χ4v) is 8.19. The molecule has 0 aliphatic carbocycles. The van der Waals surface area contributed by atoms with Crippen molar-refractivity contribution in [1.29, 1.82) is 0 Å². The van der Waals surface area contributed by atoms with Gasteiger partial charge in [-0.05, 0) is 192 Å². The standard InChI is InChI=1S/C26H16Br2.C12H8BrI.C12H10BrN.C5H10Si.C4H8O.CH4.ClH/c27-25-17-23(19-7-3-1-4-8-19)15-13-21(25)11-12-22-14-16-24(18-26(22)28)20-9-5-2-6-10-20;2*13-11-8-10(6-7-12(11)14)9-4-2-1-3-5-9;1-5-6(2,3)4;1-2-4-5-3-1;;/h1-10,13-18H;1-8H;1-8H,14H2;1H,2-4H3;1-4H2;1H4;1H. The molecule has 354 valence electrons. The van der Waals surface area contributed by atoms with Crippen LogP contribution in [-0.2, 0) is 4.74 Å². The molecule has 69 heavy (non-hydrogen) atoms. The SMILES string of the molecule is Brc1cc(-c2ccccc2)ccc1C#Cc1ccc(-c2ccccc2)cc1Br.Brc1cc(-c2ccccc2)ccc1I.C.C#C[Si](C)(C)C.C1CCOC1.Cl.Nc1ccc(-c2ccccc2)cc1Br. The van der Waals surface area contributed by atoms with E-state index in [9.17, 15) is 0 Å². The van der Waals surface area contributed by atoms with Crippen molar-refractivity contribution in [3.63, 3.8) is 0 Å². The van der Waals surface area contributed by atoms with Crippen LogP contribution in [0.25, 0.3) is 44.5 Å². The molecule has 1 aliphatic heterocycles. The molecule has 0 aromatic heterocycles. The van der Waals surface area contributed by atoms with Gasteiger partial charge in [0, 0.05) is 51.5 Å². The summed E-state index contributed by atoms with van der Waals surface area (Å²) in [7, 11) is -1.10. The second-order valence-corrected chi connectivity index (χ2v) is 25.6. The molecule has 2 nitrogen and oxygen atoms in total. The second kappa shape index (κ2) is 31.2. The van der Waals surface area contributed by atoms with Crippen LogP contribution >= 0.6 is 98.7 Å². The average molecular weight is 1320 g/mol. The van der Waals surface area contributed by atoms with Gasteiger partial charge in [-0.25, -0.2) is 0 Å². The fourth-order valence-electron chi connectivity index (χ4n) is 6.14. The Morgan fingerprint density at radius 3 is 1.04 bits per heavy atom. The minimum Gasteiger partial charge on any atom is -0.398 e. The summed E-state index contributed by atoms with van der Waals surface area (Å²) in [6.45, 7) is 8.44. The molecule has 0 radical (unpaired) electrons. The van der Waals surface area contributed by atoms with Crippen LogP contribution in [0.15, 0.2) is 212 Å². The van der Waals surface area contributed by atoms with E-state index in [0.29, 0.717) is 0 Å². The molecule has 9 rings (SSSR count). The van der Waals surface area contributed by atoms with E-state index in [0.717, 1.165) is 47.9 Å². The number of halogens is 6. The summed E-state index contributed by atoms with van der Waals surface area (Å²) in [5.74, 6) is 6.56. The first-order valence-corrected chi connectivity index (χ1v) is 29.4. The van der Waals surface area contributed by atoms with Crippen LogP contribution in [0.5, 0.6) is 0 Å². The van der Waals surface area contributed by atoms with Crippen molar-refractivity contribution >= 4 is 112 Å². The van der Waals surface area contributed by atoms with Crippen LogP contribution < -0.4 is 5.73 Å². The molecule has 2 N–H and O–H groups in total. The second-order valence-electron chi connectivity index (χ2n) is 16.2. The maximum Gasteiger partial charge on any atom is 0.128 e. The maximum atomic E-state index is 5.72. The van der Waals surface area contributed by atoms with E-state index < -0.39 is 8.07 Å². The third-order valence-electron chi connectivity index (χ3n) is 9.88. The van der Waals surface area contributed by atoms with Gasteiger partial charge in [-0.2, -0.15) is 0 Å². The first kappa shape index (κ1) is 59.1. The molecule has 9 heteroatoms. The number of hydrogen-bond acceptors (Lipinski definition) is 2. The highest BCUT2D eigenvalue weighted by atomic mass is 127. The Morgan fingerprint density at radius 2 is 0.768 bits per heavy atom. The Balaban J connectivity index is 0.000000259. The molecular formula is C60H57Br4ClINOSi. The highest BCUT2D eigenvalue weighted by Crippen LogP contribution is 2.30. The number of benzene rings is 8. The van der Waals surface area contributed by atoms with Crippen LogP contribution in [0, 0.1) is 27.4 Å². The van der Waals surface area contributed by atoms with Gasteiger partial charge >= 0.3 is 0 Å². The van der Waals surface area contributed by atoms with Gasteiger partial charge in [-0.3, -0.25) is 0 Å². The van der Waals surface area contributed by atoms with E-state index in [1.165, 1.54) is 60.9 Å². The lowest BCUT2D eigenvalue weighted by Gasteiger charge is -2.05. The topological polar surface area (TPSA) is 35.2 Å². The van der Waals surface area contributed by atoms with Gasteiger partial charge in [0.1, 0.15) is 8.07 Å². The van der Waals surface area contributed by atoms with Crippen molar-refractivity contribution in [3.8, 4) is 68.3 Å². The van der Waals surface area contributed by atoms with E-state index in [4.69, 9.17) is 16.9 Å². The number of nitrogens with two attached hydrogens (primary N) is 1. The summed E-state index contributed by atoms with van der Waals surface area (Å²) >= 11 is 16.6. The molecule has 8 aromatic rings. The summed E-state index contributed by atoms with van der Waals surface area (Å²) in [6, 6.07) is 66.3. The van der Waals surface area contributed by atoms with Crippen molar-refractivity contribution in [2.75, 3.05) is 18.9 Å². The Morgan fingerprint density at radius 1 is 0.464 bits per heavy atom. The fraction of sp³-hybridized carbons (Fsp3) is 0.133. The van der Waals surface area contributed by atoms with Crippen molar-refractivity contribution in [3.05, 3.63) is 227 Å². The van der Waals surface area contributed by atoms with Gasteiger partial charge in [0.25, 0.3) is 0 Å². The Hall–Kier alpha value is -4.20. The molecular weight excluding hydrogens is 1260 g/mol. The summed E-state index contributed by atoms with van der Waals surface area (Å²) in [5, 5.41) is 0. The zero-order valence-corrected chi connectivity index (χ0v) is 48.5. The zero-order chi connectivity index (χ0) is 48.0. The van der Waals surface area contributed by atoms with Gasteiger partial charge in [-0.15, -0.1) is 24.4 Å². The summed E-state index contributed by atoms with van der Waals surface area (Å²) in [5.41, 5.74) is 20.8. The maximum absolute atomic E-state index is 5.72. The highest BCUT2D eigenvalue weighted by molar-refractivity contribution is 14.1. The van der Waals surface area contributed by atoms with Gasteiger partial charge in [0.15, 0.2) is 0 Å². The molecule has 1 fully saturated rings. The minimum absolute atomic E-state index is 0. The van der Waals surface area contributed by atoms with Gasteiger partial charge in [-0.1, -0.05) is 185 Å². The zero-order valence-electron chi connectivity index (χ0n) is 38.2. The van der Waals surface area contributed by atoms with E-state index in [1.54, 1.807) is 0 Å². The summed E-state index contributed by atoms with van der Waals surface area (Å²) < 4.78 is 10.3. The smallest absolute Gasteiger partial charge is 0.128 e. The highest BCUT2D eigenvalue weighted by Gasteiger charge is 2.06. The average Bonchev–Trinajstić information content (AvgIpc) is 3.96. The van der Waals surface area contributed by atoms with E-state index in [-0.39, 0.29) is 19.8 Å². The van der Waals surface area contributed by atoms with Gasteiger partial charge in [0.2, 0.25) is 0 Å². The largest absolute Gasteiger partial charge is 0.398 e. The van der Waals surface area contributed by atoms with E-state index >= 15 is 0 Å². The number of anilines is 1. The lowest BCUT2D eigenvalue weighted by atomic mass is 10.0. The first-order valence-electron chi connectivity index (χ1n) is 21.7. The van der Waals surface area contributed by atoms with Crippen molar-refractivity contribution < 1.29 is 4.74 Å². The molecule has 0 amide bonds. The molecule has 1 heterocycles. The van der Waals surface area contributed by atoms with Crippen LogP contribution in [0.2, 0.25) is 19.6 Å². The normalized spacial score (nSPS) is 10.9. The summed E-state index contributed by atoms with van der Waals surface area (Å²) in [4.78, 5) is 0. The monoisotopic (exact) mass is 1310 g/mol. The number of hydrogen-bond donors (Lipinski definition) is 1. The molecule has 8 aromatic carbocycles. The lowest BCUT2D eigenvalue weighted by Crippen LogP contribution is -2.15. The Kier molecular flexibility index (Phi) is 26.7. The third kappa shape index (κ3) is 20.6. The molecule has 0 spiro atoms. The predicted molar refractivity (Wildman–Crippen MR) is 328 cm³/mol. The first-order chi connectivity index (χ1) is 32.3. The lowest BCUT2D eigenvalue weighted by molar-refractivity contribution is 0.198. The molecule has 0 unspecified atom stereocenters. The Bertz CT molecular complexity index is 2710. The minimum atomic E-state index is -1.10. The number of nitrogen functional groups attached to an aromatic ring is 1. The van der Waals surface area contributed by atoms with Crippen LogP contribution in [0.3, 0.4) is 0 Å². The van der Waals surface area contributed by atoms with Crippen LogP contribution in [0.4, 0.5) is 5.69 Å². The van der Waals surface area contributed by atoms with E-state index in [2.05, 4.69) is 239 Å². The number of terminal acetylenes is 1. The van der Waals surface area contributed by atoms with Gasteiger partial charge < -0.3 is 10.5 Å². The number of ether oxygens (including phenoxy) is 1. The van der Waals surface area contributed by atoms with E-state index in [1.807, 2.05) is 78.9 Å².